The number of rotatable bonds is 5. The molecule has 1 amide bonds. The van der Waals surface area contributed by atoms with Crippen LogP contribution in [-0.4, -0.2) is 44.7 Å². The van der Waals surface area contributed by atoms with Gasteiger partial charge in [-0.3, -0.25) is 14.2 Å². The highest BCUT2D eigenvalue weighted by Crippen LogP contribution is 2.39. The second-order valence-corrected chi connectivity index (χ2v) is 9.37. The third-order valence-corrected chi connectivity index (χ3v) is 7.27. The number of pyridine rings is 2. The van der Waals surface area contributed by atoms with Gasteiger partial charge in [0.15, 0.2) is 0 Å². The number of para-hydroxylation sites is 1. The van der Waals surface area contributed by atoms with Gasteiger partial charge in [0.05, 0.1) is 18.3 Å². The van der Waals surface area contributed by atoms with Gasteiger partial charge in [-0.25, -0.2) is 13.8 Å². The maximum atomic E-state index is 14.7. The van der Waals surface area contributed by atoms with Gasteiger partial charge in [-0.05, 0) is 50.1 Å². The van der Waals surface area contributed by atoms with E-state index >= 15 is 0 Å². The molecule has 1 saturated heterocycles. The molecule has 1 aliphatic heterocycles. The number of benzene rings is 1. The van der Waals surface area contributed by atoms with Gasteiger partial charge in [0.2, 0.25) is 0 Å². The van der Waals surface area contributed by atoms with Gasteiger partial charge < -0.3 is 15.3 Å². The summed E-state index contributed by atoms with van der Waals surface area (Å²) in [6.45, 7) is 2.15. The normalized spacial score (nSPS) is 15.7. The van der Waals surface area contributed by atoms with Gasteiger partial charge in [0, 0.05) is 23.7 Å². The van der Waals surface area contributed by atoms with Crippen LogP contribution in [0.3, 0.4) is 0 Å². The average molecular weight is 497 g/mol. The Morgan fingerprint density at radius 2 is 1.91 bits per heavy atom. The molecule has 180 valence electrons. The number of halogens is 2. The molecule has 0 saturated carbocycles. The van der Waals surface area contributed by atoms with E-state index in [1.807, 2.05) is 19.1 Å². The highest BCUT2D eigenvalue weighted by Gasteiger charge is 2.33. The number of likely N-dealkylation sites (tertiary alicyclic amines) is 1. The van der Waals surface area contributed by atoms with E-state index in [1.54, 1.807) is 11.0 Å². The Labute approximate surface area is 203 Å². The molecule has 0 radical (unpaired) electrons. The number of carbonyl (C=O) groups is 1. The fourth-order valence-corrected chi connectivity index (χ4v) is 5.65. The van der Waals surface area contributed by atoms with Crippen LogP contribution in [0.15, 0.2) is 53.3 Å². The third kappa shape index (κ3) is 4.08. The first kappa shape index (κ1) is 23.1. The minimum absolute atomic E-state index is 0.163. The van der Waals surface area contributed by atoms with Crippen molar-refractivity contribution in [2.75, 3.05) is 18.5 Å². The second-order valence-electron chi connectivity index (χ2n) is 8.37. The average Bonchev–Trinajstić information content (AvgIpc) is 3.45. The van der Waals surface area contributed by atoms with E-state index in [-0.39, 0.29) is 28.3 Å². The molecule has 5 rings (SSSR count). The largest absolute Gasteiger partial charge is 0.394 e. The number of aromatic nitrogens is 2. The van der Waals surface area contributed by atoms with Gasteiger partial charge in [-0.15, -0.1) is 11.3 Å². The van der Waals surface area contributed by atoms with Crippen molar-refractivity contribution >= 4 is 39.0 Å². The number of thiophene rings is 1. The molecule has 1 fully saturated rings. The standard InChI is InChI=1S/C25H22F2N4O3S/c1-14-5-2-9-19(28-14)29-21-16-10-11-20(33)31(22-17(26)7-3-8-18(22)27)25(16)35-23(21)24(34)30-12-4-6-15(30)13-32/h2-3,5,7-11,15,32H,4,6,12-13H2,1H3,(H,28,29)/t15-/m1/s1. The Morgan fingerprint density at radius 3 is 2.63 bits per heavy atom. The number of aliphatic hydroxyl groups excluding tert-OH is 1. The van der Waals surface area contributed by atoms with Crippen molar-refractivity contribution in [3.8, 4) is 5.69 Å². The van der Waals surface area contributed by atoms with E-state index in [0.29, 0.717) is 29.9 Å². The van der Waals surface area contributed by atoms with Crippen LogP contribution < -0.4 is 10.9 Å². The molecule has 0 aliphatic carbocycles. The number of hydrogen-bond donors (Lipinski definition) is 2. The van der Waals surface area contributed by atoms with E-state index in [2.05, 4.69) is 10.3 Å². The van der Waals surface area contributed by atoms with Crippen LogP contribution in [0.4, 0.5) is 20.3 Å². The van der Waals surface area contributed by atoms with Crippen molar-refractivity contribution in [2.45, 2.75) is 25.8 Å². The summed E-state index contributed by atoms with van der Waals surface area (Å²) in [5, 5.41) is 13.4. The summed E-state index contributed by atoms with van der Waals surface area (Å²) in [4.78, 5) is 33.1. The number of aryl methyl sites for hydroxylation is 1. The first-order valence-corrected chi connectivity index (χ1v) is 12.0. The van der Waals surface area contributed by atoms with Crippen LogP contribution in [-0.2, 0) is 0 Å². The topological polar surface area (TPSA) is 87.5 Å². The predicted molar refractivity (Wildman–Crippen MR) is 131 cm³/mol. The van der Waals surface area contributed by atoms with Crippen molar-refractivity contribution < 1.29 is 18.7 Å². The molecule has 10 heteroatoms. The Kier molecular flexibility index (Phi) is 6.08. The van der Waals surface area contributed by atoms with Crippen molar-refractivity contribution in [3.63, 3.8) is 0 Å². The molecule has 3 aromatic heterocycles. The summed E-state index contributed by atoms with van der Waals surface area (Å²) in [5.74, 6) is -1.63. The minimum atomic E-state index is -0.893. The van der Waals surface area contributed by atoms with E-state index in [0.717, 1.165) is 40.2 Å². The quantitative estimate of drug-likeness (QED) is 0.428. The van der Waals surface area contributed by atoms with E-state index in [9.17, 15) is 23.5 Å². The van der Waals surface area contributed by atoms with E-state index in [1.165, 1.54) is 18.2 Å². The summed E-state index contributed by atoms with van der Waals surface area (Å²) >= 11 is 0.974. The molecule has 7 nitrogen and oxygen atoms in total. The van der Waals surface area contributed by atoms with E-state index in [4.69, 9.17) is 0 Å². The van der Waals surface area contributed by atoms with Crippen LogP contribution >= 0.6 is 11.3 Å². The summed E-state index contributed by atoms with van der Waals surface area (Å²) in [7, 11) is 0. The molecule has 2 N–H and O–H groups in total. The van der Waals surface area contributed by atoms with Crippen molar-refractivity contribution in [3.05, 3.63) is 81.1 Å². The number of amides is 1. The Morgan fingerprint density at radius 1 is 1.17 bits per heavy atom. The van der Waals surface area contributed by atoms with Gasteiger partial charge in [-0.2, -0.15) is 0 Å². The lowest BCUT2D eigenvalue weighted by Gasteiger charge is -2.23. The van der Waals surface area contributed by atoms with Crippen LogP contribution in [0, 0.1) is 18.6 Å². The van der Waals surface area contributed by atoms with Crippen LogP contribution in [0.5, 0.6) is 0 Å². The fraction of sp³-hybridized carbons (Fsp3) is 0.240. The number of fused-ring (bicyclic) bond motifs is 1. The van der Waals surface area contributed by atoms with Gasteiger partial charge in [0.1, 0.15) is 32.8 Å². The maximum Gasteiger partial charge on any atom is 0.266 e. The molecule has 1 aromatic carbocycles. The van der Waals surface area contributed by atoms with Crippen LogP contribution in [0.1, 0.15) is 28.2 Å². The van der Waals surface area contributed by atoms with Gasteiger partial charge in [0.25, 0.3) is 11.5 Å². The molecule has 1 atom stereocenters. The Balaban J connectivity index is 1.76. The second kappa shape index (κ2) is 9.20. The molecular weight excluding hydrogens is 474 g/mol. The number of anilines is 2. The molecule has 35 heavy (non-hydrogen) atoms. The molecule has 4 aromatic rings. The highest BCUT2D eigenvalue weighted by molar-refractivity contribution is 7.21. The summed E-state index contributed by atoms with van der Waals surface area (Å²) in [6.07, 6.45) is 1.44. The van der Waals surface area contributed by atoms with Crippen LogP contribution in [0.2, 0.25) is 0 Å². The maximum absolute atomic E-state index is 14.7. The van der Waals surface area contributed by atoms with Crippen molar-refractivity contribution in [1.29, 1.82) is 0 Å². The fourth-order valence-electron chi connectivity index (χ4n) is 4.43. The predicted octanol–water partition coefficient (Wildman–Crippen LogP) is 4.37. The molecule has 4 heterocycles. The lowest BCUT2D eigenvalue weighted by Crippen LogP contribution is -2.37. The first-order chi connectivity index (χ1) is 16.9. The summed E-state index contributed by atoms with van der Waals surface area (Å²) in [6, 6.07) is 11.2. The van der Waals surface area contributed by atoms with Crippen molar-refractivity contribution in [1.82, 2.24) is 14.5 Å². The van der Waals surface area contributed by atoms with Gasteiger partial charge in [-0.1, -0.05) is 12.1 Å². The van der Waals surface area contributed by atoms with Crippen molar-refractivity contribution in [2.24, 2.45) is 0 Å². The summed E-state index contributed by atoms with van der Waals surface area (Å²) in [5.41, 5.74) is 0.0178. The number of nitrogens with zero attached hydrogens (tertiary/aromatic N) is 3. The summed E-state index contributed by atoms with van der Waals surface area (Å²) < 4.78 is 30.4. The smallest absolute Gasteiger partial charge is 0.266 e. The molecular formula is C25H22F2N4O3S. The third-order valence-electron chi connectivity index (χ3n) is 6.09. The first-order valence-electron chi connectivity index (χ1n) is 11.1. The molecule has 0 unspecified atom stereocenters. The molecule has 0 bridgehead atoms. The molecule has 0 spiro atoms. The zero-order valence-electron chi connectivity index (χ0n) is 18.8. The Bertz CT molecular complexity index is 1480. The number of carbonyl (C=O) groups excluding carboxylic acids is 1. The monoisotopic (exact) mass is 496 g/mol. The minimum Gasteiger partial charge on any atom is -0.394 e. The Hall–Kier alpha value is -3.63. The zero-order valence-corrected chi connectivity index (χ0v) is 19.6. The lowest BCUT2D eigenvalue weighted by atomic mass is 10.2. The SMILES string of the molecule is Cc1cccc(Nc2c(C(=O)N3CCC[C@@H]3CO)sc3c2ccc(=O)n3-c2c(F)cccc2F)n1. The van der Waals surface area contributed by atoms with Gasteiger partial charge >= 0.3 is 0 Å². The van der Waals surface area contributed by atoms with E-state index < -0.39 is 22.9 Å². The van der Waals surface area contributed by atoms with Crippen LogP contribution in [0.25, 0.3) is 15.9 Å². The highest BCUT2D eigenvalue weighted by atomic mass is 32.1. The number of aliphatic hydroxyl groups is 1. The zero-order chi connectivity index (χ0) is 24.7. The number of nitrogens with one attached hydrogen (secondary N) is 1. The number of hydrogen-bond acceptors (Lipinski definition) is 6. The lowest BCUT2D eigenvalue weighted by molar-refractivity contribution is 0.0683. The molecule has 1 aliphatic rings.